The predicted octanol–water partition coefficient (Wildman–Crippen LogP) is 5.66. The summed E-state index contributed by atoms with van der Waals surface area (Å²) in [7, 11) is 0. The number of unbranched alkanes of at least 4 members (excludes halogenated alkanes) is 2. The van der Waals surface area contributed by atoms with E-state index in [0.717, 1.165) is 12.8 Å². The summed E-state index contributed by atoms with van der Waals surface area (Å²) in [5.74, 6) is -9.44. The van der Waals surface area contributed by atoms with Gasteiger partial charge >= 0.3 is 5.97 Å². The second-order valence-electron chi connectivity index (χ2n) is 6.20. The maximum absolute atomic E-state index is 14.5. The summed E-state index contributed by atoms with van der Waals surface area (Å²) >= 11 is 0. The Labute approximate surface area is 154 Å². The van der Waals surface area contributed by atoms with Gasteiger partial charge in [-0.1, -0.05) is 38.8 Å². The molecule has 0 bridgehead atoms. The highest BCUT2D eigenvalue weighted by atomic mass is 19.2. The van der Waals surface area contributed by atoms with Crippen LogP contribution < -0.4 is 4.74 Å². The minimum absolute atomic E-state index is 0.0138. The standard InChI is InChI=1S/C20H20F4O3/c1-3-4-5-10-27-19-17(23)15(21)14(16(22)18(19)24)11(2)12-6-8-13(9-7-12)20(25)26/h6-9,11H,3-5,10H2,1-2H3,(H,25,26). The van der Waals surface area contributed by atoms with E-state index >= 15 is 0 Å². The van der Waals surface area contributed by atoms with Crippen molar-refractivity contribution in [2.75, 3.05) is 6.61 Å². The highest BCUT2D eigenvalue weighted by molar-refractivity contribution is 5.87. The van der Waals surface area contributed by atoms with Gasteiger partial charge in [-0.3, -0.25) is 0 Å². The van der Waals surface area contributed by atoms with Crippen LogP contribution in [0.25, 0.3) is 0 Å². The Hall–Kier alpha value is -2.57. The molecule has 0 aromatic heterocycles. The molecule has 0 aliphatic heterocycles. The fourth-order valence-corrected chi connectivity index (χ4v) is 2.74. The maximum Gasteiger partial charge on any atom is 0.335 e. The third-order valence-electron chi connectivity index (χ3n) is 4.34. The van der Waals surface area contributed by atoms with Crippen molar-refractivity contribution in [1.82, 2.24) is 0 Å². The van der Waals surface area contributed by atoms with E-state index in [9.17, 15) is 22.4 Å². The third-order valence-corrected chi connectivity index (χ3v) is 4.34. The van der Waals surface area contributed by atoms with Crippen molar-refractivity contribution in [3.63, 3.8) is 0 Å². The number of carboxylic acid groups (broad SMARTS) is 1. The van der Waals surface area contributed by atoms with Gasteiger partial charge < -0.3 is 9.84 Å². The molecule has 146 valence electrons. The first-order chi connectivity index (χ1) is 12.8. The Bertz CT molecular complexity index is 790. The average molecular weight is 384 g/mol. The molecule has 3 nitrogen and oxygen atoms in total. The van der Waals surface area contributed by atoms with Gasteiger partial charge in [-0.15, -0.1) is 0 Å². The molecule has 0 saturated carbocycles. The summed E-state index contributed by atoms with van der Waals surface area (Å²) in [6, 6.07) is 5.19. The molecular formula is C20H20F4O3. The topological polar surface area (TPSA) is 46.5 Å². The summed E-state index contributed by atoms with van der Waals surface area (Å²) < 4.78 is 62.4. The molecule has 0 radical (unpaired) electrons. The highest BCUT2D eigenvalue weighted by Crippen LogP contribution is 2.36. The van der Waals surface area contributed by atoms with Crippen LogP contribution in [0.5, 0.6) is 5.75 Å². The van der Waals surface area contributed by atoms with Gasteiger partial charge in [0.05, 0.1) is 12.2 Å². The zero-order valence-electron chi connectivity index (χ0n) is 15.0. The van der Waals surface area contributed by atoms with Gasteiger partial charge in [-0.25, -0.2) is 13.6 Å². The van der Waals surface area contributed by atoms with Crippen molar-refractivity contribution < 1.29 is 32.2 Å². The Morgan fingerprint density at radius 3 is 2.04 bits per heavy atom. The molecule has 1 atom stereocenters. The van der Waals surface area contributed by atoms with Gasteiger partial charge in [0.2, 0.25) is 11.6 Å². The van der Waals surface area contributed by atoms with Gasteiger partial charge in [0.1, 0.15) is 0 Å². The quantitative estimate of drug-likeness (QED) is 0.363. The zero-order valence-corrected chi connectivity index (χ0v) is 15.0. The first-order valence-electron chi connectivity index (χ1n) is 8.61. The maximum atomic E-state index is 14.5. The van der Waals surface area contributed by atoms with Crippen LogP contribution in [-0.4, -0.2) is 17.7 Å². The van der Waals surface area contributed by atoms with Crippen molar-refractivity contribution in [3.8, 4) is 5.75 Å². The number of hydrogen-bond acceptors (Lipinski definition) is 2. The lowest BCUT2D eigenvalue weighted by atomic mass is 9.91. The minimum Gasteiger partial charge on any atom is -0.487 e. The minimum atomic E-state index is -1.57. The molecule has 1 unspecified atom stereocenters. The van der Waals surface area contributed by atoms with E-state index in [0.29, 0.717) is 12.0 Å². The third kappa shape index (κ3) is 4.40. The number of rotatable bonds is 8. The van der Waals surface area contributed by atoms with E-state index in [1.807, 2.05) is 6.92 Å². The number of hydrogen-bond donors (Lipinski definition) is 1. The molecule has 2 aromatic carbocycles. The van der Waals surface area contributed by atoms with Crippen LogP contribution >= 0.6 is 0 Å². The van der Waals surface area contributed by atoms with Crippen molar-refractivity contribution in [2.24, 2.45) is 0 Å². The van der Waals surface area contributed by atoms with Gasteiger partial charge in [0, 0.05) is 11.5 Å². The van der Waals surface area contributed by atoms with E-state index in [4.69, 9.17) is 9.84 Å². The van der Waals surface area contributed by atoms with Gasteiger partial charge in [-0.2, -0.15) is 8.78 Å². The van der Waals surface area contributed by atoms with Crippen LogP contribution in [0.3, 0.4) is 0 Å². The Balaban J connectivity index is 2.37. The molecule has 0 amide bonds. The van der Waals surface area contributed by atoms with Crippen molar-refractivity contribution in [1.29, 1.82) is 0 Å². The van der Waals surface area contributed by atoms with E-state index in [-0.39, 0.29) is 12.2 Å². The number of halogens is 4. The number of benzene rings is 2. The Morgan fingerprint density at radius 1 is 1.00 bits per heavy atom. The fraction of sp³-hybridized carbons (Fsp3) is 0.350. The van der Waals surface area contributed by atoms with Crippen molar-refractivity contribution >= 4 is 5.97 Å². The molecule has 2 aromatic rings. The zero-order chi connectivity index (χ0) is 20.1. The molecule has 1 N–H and O–H groups in total. The van der Waals surface area contributed by atoms with Gasteiger partial charge in [-0.05, 0) is 24.1 Å². The smallest absolute Gasteiger partial charge is 0.335 e. The normalized spacial score (nSPS) is 12.1. The predicted molar refractivity (Wildman–Crippen MR) is 92.2 cm³/mol. The first-order valence-corrected chi connectivity index (χ1v) is 8.61. The monoisotopic (exact) mass is 384 g/mol. The molecule has 0 saturated heterocycles. The second-order valence-corrected chi connectivity index (χ2v) is 6.20. The summed E-state index contributed by atoms with van der Waals surface area (Å²) in [5, 5.41) is 8.89. The van der Waals surface area contributed by atoms with Crippen molar-refractivity contribution in [2.45, 2.75) is 39.0 Å². The second kappa shape index (κ2) is 8.88. The van der Waals surface area contributed by atoms with Gasteiger partial charge in [0.25, 0.3) is 0 Å². The summed E-state index contributed by atoms with van der Waals surface area (Å²) in [5.41, 5.74) is -0.470. The average Bonchev–Trinajstić information content (AvgIpc) is 2.66. The van der Waals surface area contributed by atoms with Crippen molar-refractivity contribution in [3.05, 3.63) is 64.2 Å². The Morgan fingerprint density at radius 2 is 1.56 bits per heavy atom. The lowest BCUT2D eigenvalue weighted by molar-refractivity contribution is 0.0697. The summed E-state index contributed by atoms with van der Waals surface area (Å²) in [6.07, 6.45) is 2.12. The van der Waals surface area contributed by atoms with Crippen LogP contribution in [0.2, 0.25) is 0 Å². The summed E-state index contributed by atoms with van der Waals surface area (Å²) in [6.45, 7) is 3.25. The van der Waals surface area contributed by atoms with Crippen LogP contribution in [0.15, 0.2) is 24.3 Å². The van der Waals surface area contributed by atoms with E-state index in [1.165, 1.54) is 31.2 Å². The highest BCUT2D eigenvalue weighted by Gasteiger charge is 2.30. The van der Waals surface area contributed by atoms with Crippen LogP contribution in [0, 0.1) is 23.3 Å². The molecule has 27 heavy (non-hydrogen) atoms. The van der Waals surface area contributed by atoms with E-state index < -0.39 is 46.5 Å². The van der Waals surface area contributed by atoms with E-state index in [2.05, 4.69) is 0 Å². The molecule has 0 heterocycles. The number of carbonyl (C=O) groups is 1. The lowest BCUT2D eigenvalue weighted by Crippen LogP contribution is -2.12. The Kier molecular flexibility index (Phi) is 6.82. The first kappa shape index (κ1) is 20.7. The van der Waals surface area contributed by atoms with Gasteiger partial charge in [0.15, 0.2) is 17.4 Å². The SMILES string of the molecule is CCCCCOc1c(F)c(F)c(C(C)c2ccc(C(=O)O)cc2)c(F)c1F. The lowest BCUT2D eigenvalue weighted by Gasteiger charge is -2.18. The molecule has 7 heteroatoms. The van der Waals surface area contributed by atoms with E-state index in [1.54, 1.807) is 0 Å². The number of ether oxygens (including phenoxy) is 1. The molecule has 0 spiro atoms. The fourth-order valence-electron chi connectivity index (χ4n) is 2.74. The molecule has 0 aliphatic rings. The number of carboxylic acids is 1. The molecule has 2 rings (SSSR count). The summed E-state index contributed by atoms with van der Waals surface area (Å²) in [4.78, 5) is 10.9. The molecular weight excluding hydrogens is 364 g/mol. The van der Waals surface area contributed by atoms with Crippen LogP contribution in [0.1, 0.15) is 60.5 Å². The van der Waals surface area contributed by atoms with Crippen LogP contribution in [0.4, 0.5) is 17.6 Å². The molecule has 0 aliphatic carbocycles. The largest absolute Gasteiger partial charge is 0.487 e. The number of aromatic carboxylic acids is 1. The van der Waals surface area contributed by atoms with Crippen LogP contribution in [-0.2, 0) is 0 Å². The molecule has 0 fully saturated rings.